The summed E-state index contributed by atoms with van der Waals surface area (Å²) in [6.07, 6.45) is 14.5. The van der Waals surface area contributed by atoms with E-state index in [2.05, 4.69) is 17.6 Å². The predicted octanol–water partition coefficient (Wildman–Crippen LogP) is 3.08. The van der Waals surface area contributed by atoms with Crippen molar-refractivity contribution < 1.29 is 29.0 Å². The van der Waals surface area contributed by atoms with Crippen LogP contribution in [0.4, 0.5) is 0 Å². The Labute approximate surface area is 179 Å². The summed E-state index contributed by atoms with van der Waals surface area (Å²) >= 11 is 0. The summed E-state index contributed by atoms with van der Waals surface area (Å²) in [4.78, 5) is 43.1. The van der Waals surface area contributed by atoms with Crippen LogP contribution >= 0.6 is 0 Å². The maximum absolute atomic E-state index is 11.6. The molecule has 30 heavy (non-hydrogen) atoms. The molecule has 2 aliphatic rings. The third kappa shape index (κ3) is 11.8. The Morgan fingerprint density at radius 3 is 1.70 bits per heavy atom. The molecule has 0 aliphatic carbocycles. The molecule has 0 saturated carbocycles. The van der Waals surface area contributed by atoms with Crippen LogP contribution in [0.2, 0.25) is 0 Å². The second-order valence-corrected chi connectivity index (χ2v) is 8.01. The van der Waals surface area contributed by atoms with Crippen molar-refractivity contribution in [2.75, 3.05) is 6.61 Å². The smallest absolute Gasteiger partial charge is 0.328 e. The number of esters is 1. The zero-order valence-corrected chi connectivity index (χ0v) is 18.2. The van der Waals surface area contributed by atoms with Crippen molar-refractivity contribution in [3.05, 3.63) is 0 Å². The third-order valence-corrected chi connectivity index (χ3v) is 5.32. The van der Waals surface area contributed by atoms with Gasteiger partial charge in [-0.15, -0.1) is 0 Å². The van der Waals surface area contributed by atoms with Gasteiger partial charge in [-0.05, 0) is 19.3 Å². The Hall–Kier alpha value is -2.12. The van der Waals surface area contributed by atoms with E-state index in [4.69, 9.17) is 9.84 Å². The highest BCUT2D eigenvalue weighted by molar-refractivity contribution is 5.88. The molecule has 0 aromatic heterocycles. The SMILES string of the molecule is CCCCCCCCCCCCOC(=O)[C@@H]1CCC(=O)N1.O=C1CC[C@@H](C(=O)O)N1. The van der Waals surface area contributed by atoms with E-state index in [-0.39, 0.29) is 17.8 Å². The topological polar surface area (TPSA) is 122 Å². The molecule has 8 nitrogen and oxygen atoms in total. The molecule has 2 atom stereocenters. The fourth-order valence-electron chi connectivity index (χ4n) is 3.45. The normalized spacial score (nSPS) is 20.2. The minimum Gasteiger partial charge on any atom is -0.480 e. The lowest BCUT2D eigenvalue weighted by Crippen LogP contribution is -2.34. The van der Waals surface area contributed by atoms with Crippen LogP contribution in [0.15, 0.2) is 0 Å². The Balaban J connectivity index is 0.000000414. The molecular weight excluding hydrogens is 388 g/mol. The standard InChI is InChI=1S/C17H31NO3.C5H7NO3/c1-2-3-4-5-6-7-8-9-10-11-14-21-17(20)15-12-13-16(19)18-15;7-4-2-1-3(6-4)5(8)9/h15H,2-14H2,1H3,(H,18,19);3H,1-2H2,(H,6,7)(H,8,9)/t15-;3-/m00/s1. The van der Waals surface area contributed by atoms with Crippen LogP contribution in [0.5, 0.6) is 0 Å². The van der Waals surface area contributed by atoms with E-state index in [1.165, 1.54) is 51.4 Å². The zero-order valence-electron chi connectivity index (χ0n) is 18.2. The molecule has 2 aliphatic heterocycles. The number of carbonyl (C=O) groups is 4. The fraction of sp³-hybridized carbons (Fsp3) is 0.818. The van der Waals surface area contributed by atoms with Gasteiger partial charge in [0.25, 0.3) is 0 Å². The molecule has 0 aromatic carbocycles. The number of aliphatic carboxylic acids is 1. The van der Waals surface area contributed by atoms with Gasteiger partial charge in [-0.3, -0.25) is 9.59 Å². The summed E-state index contributed by atoms with van der Waals surface area (Å²) < 4.78 is 5.19. The van der Waals surface area contributed by atoms with Gasteiger partial charge in [-0.2, -0.15) is 0 Å². The van der Waals surface area contributed by atoms with E-state index in [1.807, 2.05) is 0 Å². The van der Waals surface area contributed by atoms with Gasteiger partial charge in [0, 0.05) is 12.8 Å². The average Bonchev–Trinajstić information content (AvgIpc) is 3.35. The minimum atomic E-state index is -0.944. The highest BCUT2D eigenvalue weighted by Gasteiger charge is 2.28. The van der Waals surface area contributed by atoms with Crippen LogP contribution < -0.4 is 10.6 Å². The monoisotopic (exact) mass is 426 g/mol. The largest absolute Gasteiger partial charge is 0.480 e. The van der Waals surface area contributed by atoms with Gasteiger partial charge in [-0.1, -0.05) is 64.7 Å². The Morgan fingerprint density at radius 2 is 1.30 bits per heavy atom. The quantitative estimate of drug-likeness (QED) is 0.307. The van der Waals surface area contributed by atoms with Gasteiger partial charge in [0.1, 0.15) is 12.1 Å². The highest BCUT2D eigenvalue weighted by Crippen LogP contribution is 2.11. The van der Waals surface area contributed by atoms with Crippen molar-refractivity contribution in [1.82, 2.24) is 10.6 Å². The first-order valence-corrected chi connectivity index (χ1v) is 11.4. The molecule has 3 N–H and O–H groups in total. The summed E-state index contributed by atoms with van der Waals surface area (Å²) in [5, 5.41) is 13.3. The van der Waals surface area contributed by atoms with Crippen molar-refractivity contribution in [1.29, 1.82) is 0 Å². The molecule has 2 fully saturated rings. The molecule has 2 heterocycles. The molecule has 0 aromatic rings. The Bertz CT molecular complexity index is 552. The van der Waals surface area contributed by atoms with Crippen molar-refractivity contribution in [3.63, 3.8) is 0 Å². The second kappa shape index (κ2) is 15.7. The number of amides is 2. The minimum absolute atomic E-state index is 0.0455. The number of rotatable bonds is 13. The van der Waals surface area contributed by atoms with Crippen LogP contribution in [0.3, 0.4) is 0 Å². The van der Waals surface area contributed by atoms with Gasteiger partial charge in [0.15, 0.2) is 0 Å². The Morgan fingerprint density at radius 1 is 0.833 bits per heavy atom. The maximum Gasteiger partial charge on any atom is 0.328 e. The molecule has 0 radical (unpaired) electrons. The fourth-order valence-corrected chi connectivity index (χ4v) is 3.45. The maximum atomic E-state index is 11.6. The predicted molar refractivity (Wildman–Crippen MR) is 113 cm³/mol. The molecular formula is C22H38N2O6. The van der Waals surface area contributed by atoms with E-state index >= 15 is 0 Å². The number of unbranched alkanes of at least 4 members (excludes halogenated alkanes) is 9. The number of carbonyl (C=O) groups excluding carboxylic acids is 3. The molecule has 2 rings (SSSR count). The van der Waals surface area contributed by atoms with Gasteiger partial charge in [0.05, 0.1) is 6.61 Å². The molecule has 2 amide bonds. The van der Waals surface area contributed by atoms with Gasteiger partial charge in [-0.25, -0.2) is 9.59 Å². The first-order chi connectivity index (χ1) is 14.4. The van der Waals surface area contributed by atoms with Gasteiger partial charge < -0.3 is 20.5 Å². The molecule has 0 unspecified atom stereocenters. The van der Waals surface area contributed by atoms with Gasteiger partial charge >= 0.3 is 11.9 Å². The van der Waals surface area contributed by atoms with Crippen molar-refractivity contribution in [2.45, 2.75) is 109 Å². The van der Waals surface area contributed by atoms with Crippen molar-refractivity contribution >= 4 is 23.8 Å². The average molecular weight is 427 g/mol. The van der Waals surface area contributed by atoms with E-state index < -0.39 is 18.1 Å². The van der Waals surface area contributed by atoms with Crippen molar-refractivity contribution in [3.8, 4) is 0 Å². The number of carboxylic acid groups (broad SMARTS) is 1. The number of hydrogen-bond acceptors (Lipinski definition) is 5. The summed E-state index contributed by atoms with van der Waals surface area (Å²) in [6, 6.07) is -1.04. The molecule has 172 valence electrons. The Kier molecular flexibility index (Phi) is 13.5. The second-order valence-electron chi connectivity index (χ2n) is 8.01. The number of ether oxygens (including phenoxy) is 1. The number of hydrogen-bond donors (Lipinski definition) is 3. The summed E-state index contributed by atoms with van der Waals surface area (Å²) in [5.74, 6) is -1.42. The van der Waals surface area contributed by atoms with Crippen molar-refractivity contribution in [2.24, 2.45) is 0 Å². The van der Waals surface area contributed by atoms with Crippen LogP contribution in [0.1, 0.15) is 96.8 Å². The summed E-state index contributed by atoms with van der Waals surface area (Å²) in [6.45, 7) is 2.73. The number of carboxylic acids is 1. The van der Waals surface area contributed by atoms with E-state index in [9.17, 15) is 19.2 Å². The van der Waals surface area contributed by atoms with E-state index in [0.717, 1.165) is 12.8 Å². The first-order valence-electron chi connectivity index (χ1n) is 11.4. The lowest BCUT2D eigenvalue weighted by Gasteiger charge is -2.09. The lowest BCUT2D eigenvalue weighted by molar-refractivity contribution is -0.146. The van der Waals surface area contributed by atoms with Crippen LogP contribution in [0.25, 0.3) is 0 Å². The zero-order chi connectivity index (χ0) is 22.2. The molecule has 0 bridgehead atoms. The summed E-state index contributed by atoms with van der Waals surface area (Å²) in [7, 11) is 0. The molecule has 2 saturated heterocycles. The molecule has 8 heteroatoms. The lowest BCUT2D eigenvalue weighted by atomic mass is 10.1. The third-order valence-electron chi connectivity index (χ3n) is 5.32. The van der Waals surface area contributed by atoms with Crippen LogP contribution in [-0.2, 0) is 23.9 Å². The van der Waals surface area contributed by atoms with Gasteiger partial charge in [0.2, 0.25) is 11.8 Å². The van der Waals surface area contributed by atoms with Crippen LogP contribution in [-0.4, -0.2) is 47.6 Å². The first kappa shape index (κ1) is 25.9. The summed E-state index contributed by atoms with van der Waals surface area (Å²) in [5.41, 5.74) is 0. The highest BCUT2D eigenvalue weighted by atomic mass is 16.5. The van der Waals surface area contributed by atoms with Crippen LogP contribution in [0, 0.1) is 0 Å². The number of nitrogens with one attached hydrogen (secondary N) is 2. The van der Waals surface area contributed by atoms with E-state index in [1.54, 1.807) is 0 Å². The molecule has 0 spiro atoms. The van der Waals surface area contributed by atoms with E-state index in [0.29, 0.717) is 32.3 Å².